The maximum absolute atomic E-state index is 14.5. The summed E-state index contributed by atoms with van der Waals surface area (Å²) in [5, 5.41) is 0. The Hall–Kier alpha value is -3.05. The minimum atomic E-state index is -0.897. The van der Waals surface area contributed by atoms with Crippen LogP contribution in [0.25, 0.3) is 23.3 Å². The van der Waals surface area contributed by atoms with Gasteiger partial charge in [0.05, 0.1) is 13.7 Å². The van der Waals surface area contributed by atoms with E-state index >= 15 is 0 Å². The first kappa shape index (κ1) is 20.7. The third kappa shape index (κ3) is 4.87. The van der Waals surface area contributed by atoms with Crippen LogP contribution in [0.3, 0.4) is 0 Å². The summed E-state index contributed by atoms with van der Waals surface area (Å²) in [6.07, 6.45) is 3.39. The van der Waals surface area contributed by atoms with Crippen LogP contribution in [0.1, 0.15) is 23.6 Å². The van der Waals surface area contributed by atoms with Crippen molar-refractivity contribution in [2.75, 3.05) is 13.7 Å². The number of methoxy groups -OCH3 is 1. The maximum Gasteiger partial charge on any atom is 0.167 e. The molecule has 0 amide bonds. The first-order chi connectivity index (χ1) is 14.0. The summed E-state index contributed by atoms with van der Waals surface area (Å²) in [5.41, 5.74) is 2.15. The molecule has 0 bridgehead atoms. The van der Waals surface area contributed by atoms with Gasteiger partial charge in [-0.15, -0.1) is 0 Å². The summed E-state index contributed by atoms with van der Waals surface area (Å²) in [6.45, 7) is 2.26. The van der Waals surface area contributed by atoms with Crippen molar-refractivity contribution in [1.29, 1.82) is 0 Å². The number of halogens is 3. The Bertz CT molecular complexity index is 1010. The van der Waals surface area contributed by atoms with Gasteiger partial charge in [0.1, 0.15) is 11.6 Å². The van der Waals surface area contributed by atoms with Crippen LogP contribution in [0, 0.1) is 17.5 Å². The Morgan fingerprint density at radius 3 is 2.28 bits per heavy atom. The molecule has 0 aliphatic carbocycles. The number of ether oxygens (including phenoxy) is 2. The van der Waals surface area contributed by atoms with Gasteiger partial charge in [-0.25, -0.2) is 13.2 Å². The molecule has 3 rings (SSSR count). The van der Waals surface area contributed by atoms with Gasteiger partial charge in [0.15, 0.2) is 11.6 Å². The summed E-state index contributed by atoms with van der Waals surface area (Å²) < 4.78 is 52.8. The highest BCUT2D eigenvalue weighted by Crippen LogP contribution is 2.27. The summed E-state index contributed by atoms with van der Waals surface area (Å²) in [5.74, 6) is -1.73. The van der Waals surface area contributed by atoms with E-state index < -0.39 is 11.6 Å². The monoisotopic (exact) mass is 398 g/mol. The Labute approximate surface area is 168 Å². The van der Waals surface area contributed by atoms with Crippen LogP contribution < -0.4 is 4.74 Å². The molecule has 0 saturated heterocycles. The predicted octanol–water partition coefficient (Wildman–Crippen LogP) is 6.49. The zero-order chi connectivity index (χ0) is 20.8. The average Bonchev–Trinajstić information content (AvgIpc) is 2.74. The number of hydrogen-bond acceptors (Lipinski definition) is 2. The van der Waals surface area contributed by atoms with Crippen LogP contribution in [0.5, 0.6) is 5.75 Å². The lowest BCUT2D eigenvalue weighted by molar-refractivity contribution is 0.131. The second-order valence-electron chi connectivity index (χ2n) is 6.38. The molecule has 0 aliphatic heterocycles. The molecular formula is C24H21F3O2. The highest BCUT2D eigenvalue weighted by molar-refractivity contribution is 5.72. The first-order valence-electron chi connectivity index (χ1n) is 9.20. The summed E-state index contributed by atoms with van der Waals surface area (Å²) in [6, 6.07) is 14.6. The van der Waals surface area contributed by atoms with Crippen molar-refractivity contribution in [2.45, 2.75) is 13.5 Å². The van der Waals surface area contributed by atoms with E-state index in [0.717, 1.165) is 5.56 Å². The fourth-order valence-electron chi connectivity index (χ4n) is 2.87. The zero-order valence-electron chi connectivity index (χ0n) is 16.2. The zero-order valence-corrected chi connectivity index (χ0v) is 16.2. The molecule has 2 nitrogen and oxygen atoms in total. The molecule has 0 fully saturated rings. The van der Waals surface area contributed by atoms with E-state index in [4.69, 9.17) is 9.47 Å². The predicted molar refractivity (Wildman–Crippen MR) is 109 cm³/mol. The minimum Gasteiger partial charge on any atom is -0.497 e. The molecular weight excluding hydrogens is 377 g/mol. The third-order valence-electron chi connectivity index (χ3n) is 4.51. The van der Waals surface area contributed by atoms with Crippen molar-refractivity contribution < 1.29 is 22.6 Å². The number of benzene rings is 3. The van der Waals surface area contributed by atoms with Gasteiger partial charge in [-0.05, 0) is 30.2 Å². The second-order valence-corrected chi connectivity index (χ2v) is 6.38. The lowest BCUT2D eigenvalue weighted by Crippen LogP contribution is -2.00. The van der Waals surface area contributed by atoms with Crippen LogP contribution in [0.15, 0.2) is 54.6 Å². The van der Waals surface area contributed by atoms with Crippen LogP contribution in [0.4, 0.5) is 13.2 Å². The SMILES string of the molecule is CCOCc1ccc(-c2ccc(/C=C/c3ccc(OC)cc3F)cc2)c(F)c1F. The first-order valence-corrected chi connectivity index (χ1v) is 9.20. The molecule has 150 valence electrons. The minimum absolute atomic E-state index is 0.0329. The normalized spacial score (nSPS) is 11.2. The lowest BCUT2D eigenvalue weighted by Gasteiger charge is -2.09. The Balaban J connectivity index is 1.79. The summed E-state index contributed by atoms with van der Waals surface area (Å²) in [4.78, 5) is 0. The average molecular weight is 398 g/mol. The highest BCUT2D eigenvalue weighted by Gasteiger charge is 2.14. The molecule has 3 aromatic rings. The highest BCUT2D eigenvalue weighted by atomic mass is 19.2. The molecule has 0 unspecified atom stereocenters. The van der Waals surface area contributed by atoms with Gasteiger partial charge in [-0.1, -0.05) is 48.6 Å². The van der Waals surface area contributed by atoms with Gasteiger partial charge < -0.3 is 9.47 Å². The van der Waals surface area contributed by atoms with E-state index in [1.54, 1.807) is 61.5 Å². The Morgan fingerprint density at radius 2 is 1.62 bits per heavy atom. The molecule has 0 atom stereocenters. The molecule has 0 aromatic heterocycles. The molecule has 0 N–H and O–H groups in total. The fraction of sp³-hybridized carbons (Fsp3) is 0.167. The fourth-order valence-corrected chi connectivity index (χ4v) is 2.87. The van der Waals surface area contributed by atoms with Gasteiger partial charge in [-0.3, -0.25) is 0 Å². The Morgan fingerprint density at radius 1 is 0.862 bits per heavy atom. The van der Waals surface area contributed by atoms with Crippen LogP contribution >= 0.6 is 0 Å². The molecule has 29 heavy (non-hydrogen) atoms. The molecule has 0 aliphatic rings. The van der Waals surface area contributed by atoms with Crippen molar-refractivity contribution in [3.8, 4) is 16.9 Å². The number of rotatable bonds is 7. The summed E-state index contributed by atoms with van der Waals surface area (Å²) >= 11 is 0. The van der Waals surface area contributed by atoms with E-state index in [-0.39, 0.29) is 23.6 Å². The van der Waals surface area contributed by atoms with Crippen molar-refractivity contribution in [1.82, 2.24) is 0 Å². The molecule has 0 spiro atoms. The van der Waals surface area contributed by atoms with E-state index in [1.807, 2.05) is 0 Å². The maximum atomic E-state index is 14.5. The van der Waals surface area contributed by atoms with E-state index in [1.165, 1.54) is 19.2 Å². The van der Waals surface area contributed by atoms with Crippen molar-refractivity contribution in [2.24, 2.45) is 0 Å². The van der Waals surface area contributed by atoms with Crippen molar-refractivity contribution in [3.63, 3.8) is 0 Å². The quantitative estimate of drug-likeness (QED) is 0.424. The van der Waals surface area contributed by atoms with E-state index in [2.05, 4.69) is 0 Å². The van der Waals surface area contributed by atoms with Crippen molar-refractivity contribution >= 4 is 12.2 Å². The summed E-state index contributed by atoms with van der Waals surface area (Å²) in [7, 11) is 1.48. The molecule has 0 saturated carbocycles. The molecule has 0 heterocycles. The van der Waals surface area contributed by atoms with E-state index in [0.29, 0.717) is 23.5 Å². The topological polar surface area (TPSA) is 18.5 Å². The van der Waals surface area contributed by atoms with Gasteiger partial charge in [0, 0.05) is 29.4 Å². The van der Waals surface area contributed by atoms with Crippen molar-refractivity contribution in [3.05, 3.63) is 88.7 Å². The molecule has 0 radical (unpaired) electrons. The standard InChI is InChI=1S/C24H21F3O2/c1-3-29-15-19-11-13-21(24(27)23(19)26)17-7-4-16(5-8-17)6-9-18-10-12-20(28-2)14-22(18)25/h4-14H,3,15H2,1-2H3/b9-6+. The Kier molecular flexibility index (Phi) is 6.73. The van der Waals surface area contributed by atoms with Gasteiger partial charge in [0.2, 0.25) is 0 Å². The molecule has 5 heteroatoms. The second kappa shape index (κ2) is 9.43. The van der Waals surface area contributed by atoms with Gasteiger partial charge in [0.25, 0.3) is 0 Å². The van der Waals surface area contributed by atoms with Crippen LogP contribution in [-0.4, -0.2) is 13.7 Å². The smallest absolute Gasteiger partial charge is 0.167 e. The van der Waals surface area contributed by atoms with Gasteiger partial charge >= 0.3 is 0 Å². The third-order valence-corrected chi connectivity index (χ3v) is 4.51. The molecule has 3 aromatic carbocycles. The van der Waals surface area contributed by atoms with Gasteiger partial charge in [-0.2, -0.15) is 0 Å². The van der Waals surface area contributed by atoms with Crippen LogP contribution in [0.2, 0.25) is 0 Å². The number of hydrogen-bond donors (Lipinski definition) is 0. The largest absolute Gasteiger partial charge is 0.497 e. The van der Waals surface area contributed by atoms with Crippen LogP contribution in [-0.2, 0) is 11.3 Å². The lowest BCUT2D eigenvalue weighted by atomic mass is 10.0. The van der Waals surface area contributed by atoms with E-state index in [9.17, 15) is 13.2 Å².